The van der Waals surface area contributed by atoms with Crippen molar-refractivity contribution >= 4 is 11.6 Å². The van der Waals surface area contributed by atoms with Crippen LogP contribution in [0.4, 0.5) is 13.2 Å². The number of piperidine rings is 1. The van der Waals surface area contributed by atoms with Gasteiger partial charge in [0.1, 0.15) is 5.69 Å². The van der Waals surface area contributed by atoms with Crippen LogP contribution in [0.3, 0.4) is 0 Å². The van der Waals surface area contributed by atoms with Crippen molar-refractivity contribution in [2.45, 2.75) is 31.6 Å². The second-order valence-electron chi connectivity index (χ2n) is 7.33. The predicted octanol–water partition coefficient (Wildman–Crippen LogP) is 3.92. The summed E-state index contributed by atoms with van der Waals surface area (Å²) in [7, 11) is 0. The fourth-order valence-corrected chi connectivity index (χ4v) is 3.93. The minimum Gasteiger partial charge on any atom is -0.327 e. The fraction of sp³-hybridized carbons (Fsp3) is 0.350. The lowest BCUT2D eigenvalue weighted by Crippen LogP contribution is -2.42. The molecule has 6 nitrogen and oxygen atoms in total. The summed E-state index contributed by atoms with van der Waals surface area (Å²) < 4.78 is 41.5. The molecule has 0 bridgehead atoms. The fourth-order valence-electron chi connectivity index (χ4n) is 3.71. The Kier molecular flexibility index (Phi) is 5.77. The molecule has 1 aliphatic rings. The van der Waals surface area contributed by atoms with E-state index in [1.165, 1.54) is 16.8 Å². The van der Waals surface area contributed by atoms with Gasteiger partial charge in [0, 0.05) is 37.1 Å². The summed E-state index contributed by atoms with van der Waals surface area (Å²) in [5.41, 5.74) is 7.44. The zero-order valence-corrected chi connectivity index (χ0v) is 16.7. The Morgan fingerprint density at radius 2 is 1.93 bits per heavy atom. The average molecular weight is 437 g/mol. The number of hydrogen-bond donors (Lipinski definition) is 1. The molecule has 2 aromatic heterocycles. The van der Waals surface area contributed by atoms with Crippen LogP contribution in [-0.2, 0) is 12.7 Å². The van der Waals surface area contributed by atoms with E-state index in [0.717, 1.165) is 37.6 Å². The van der Waals surface area contributed by atoms with Gasteiger partial charge in [0.25, 0.3) is 0 Å². The molecule has 3 heterocycles. The zero-order valence-electron chi connectivity index (χ0n) is 16.0. The molecule has 30 heavy (non-hydrogen) atoms. The van der Waals surface area contributed by atoms with E-state index in [0.29, 0.717) is 17.9 Å². The van der Waals surface area contributed by atoms with E-state index in [-0.39, 0.29) is 16.8 Å². The van der Waals surface area contributed by atoms with Crippen LogP contribution in [0.1, 0.15) is 24.1 Å². The van der Waals surface area contributed by atoms with Gasteiger partial charge in [0.15, 0.2) is 0 Å². The van der Waals surface area contributed by atoms with Gasteiger partial charge in [-0.2, -0.15) is 13.2 Å². The minimum atomic E-state index is -4.57. The molecule has 10 heteroatoms. The molecular weight excluding hydrogens is 417 g/mol. The number of alkyl halides is 3. The number of benzene rings is 1. The van der Waals surface area contributed by atoms with Gasteiger partial charge in [0.2, 0.25) is 0 Å². The Bertz CT molecular complexity index is 1020. The van der Waals surface area contributed by atoms with Crippen molar-refractivity contribution < 1.29 is 13.2 Å². The lowest BCUT2D eigenvalue weighted by atomic mass is 10.1. The quantitative estimate of drug-likeness (QED) is 0.671. The van der Waals surface area contributed by atoms with E-state index >= 15 is 0 Å². The lowest BCUT2D eigenvalue weighted by Gasteiger charge is -2.30. The van der Waals surface area contributed by atoms with Crippen molar-refractivity contribution in [3.05, 3.63) is 59.0 Å². The Hall–Kier alpha value is -2.49. The van der Waals surface area contributed by atoms with Gasteiger partial charge >= 0.3 is 6.18 Å². The number of halogens is 4. The van der Waals surface area contributed by atoms with E-state index in [4.69, 9.17) is 17.3 Å². The summed E-state index contributed by atoms with van der Waals surface area (Å²) in [5, 5.41) is 8.11. The van der Waals surface area contributed by atoms with Crippen LogP contribution >= 0.6 is 11.6 Å². The van der Waals surface area contributed by atoms with Crippen molar-refractivity contribution in [3.63, 3.8) is 0 Å². The van der Waals surface area contributed by atoms with Gasteiger partial charge in [-0.25, -0.2) is 4.68 Å². The normalized spacial score (nSPS) is 18.0. The molecule has 0 radical (unpaired) electrons. The maximum Gasteiger partial charge on any atom is 0.417 e. The van der Waals surface area contributed by atoms with E-state index in [1.807, 2.05) is 0 Å². The van der Waals surface area contributed by atoms with Gasteiger partial charge in [0.05, 0.1) is 22.0 Å². The molecule has 158 valence electrons. The molecule has 0 aliphatic carbocycles. The van der Waals surface area contributed by atoms with Gasteiger partial charge in [-0.05, 0) is 49.7 Å². The summed E-state index contributed by atoms with van der Waals surface area (Å²) in [6, 6.07) is 7.37. The third-order valence-electron chi connectivity index (χ3n) is 5.11. The third-order valence-corrected chi connectivity index (χ3v) is 5.44. The van der Waals surface area contributed by atoms with Crippen molar-refractivity contribution in [1.82, 2.24) is 24.9 Å². The summed E-state index contributed by atoms with van der Waals surface area (Å²) in [4.78, 5) is 6.22. The van der Waals surface area contributed by atoms with Crippen LogP contribution < -0.4 is 5.73 Å². The minimum absolute atomic E-state index is 0.101. The maximum atomic E-state index is 13.4. The van der Waals surface area contributed by atoms with E-state index in [2.05, 4.69) is 20.2 Å². The second kappa shape index (κ2) is 8.33. The molecule has 2 N–H and O–H groups in total. The van der Waals surface area contributed by atoms with Crippen molar-refractivity contribution in [3.8, 4) is 16.9 Å². The smallest absolute Gasteiger partial charge is 0.327 e. The number of rotatable bonds is 4. The summed E-state index contributed by atoms with van der Waals surface area (Å²) in [5.74, 6) is 0. The number of nitrogens with two attached hydrogens (primary N) is 1. The first kappa shape index (κ1) is 20.8. The number of likely N-dealkylation sites (tertiary alicyclic amines) is 1. The molecule has 1 fully saturated rings. The first-order chi connectivity index (χ1) is 14.3. The highest BCUT2D eigenvalue weighted by molar-refractivity contribution is 6.31. The molecule has 0 amide bonds. The Labute approximate surface area is 176 Å². The van der Waals surface area contributed by atoms with Gasteiger partial charge in [-0.1, -0.05) is 16.8 Å². The number of nitrogens with zero attached hydrogens (tertiary/aromatic N) is 5. The number of aromatic nitrogens is 4. The standard InChI is InChI=1S/C20H20ClF3N6/c21-17-4-3-15(10-16(17)20(22,23)24)30-19(13-5-7-26-8-6-13)18(27-28-30)12-29-9-1-2-14(25)11-29/h3-8,10,14H,1-2,9,11-12,25H2. The number of hydrogen-bond acceptors (Lipinski definition) is 5. The number of pyridine rings is 1. The van der Waals surface area contributed by atoms with Crippen LogP contribution in [-0.4, -0.2) is 44.0 Å². The summed E-state index contributed by atoms with van der Waals surface area (Å²) >= 11 is 5.78. The van der Waals surface area contributed by atoms with Crippen LogP contribution in [0.2, 0.25) is 5.02 Å². The average Bonchev–Trinajstić information content (AvgIpc) is 3.11. The highest BCUT2D eigenvalue weighted by atomic mass is 35.5. The van der Waals surface area contributed by atoms with Gasteiger partial charge < -0.3 is 5.73 Å². The topological polar surface area (TPSA) is 72.9 Å². The predicted molar refractivity (Wildman–Crippen MR) is 107 cm³/mol. The first-order valence-corrected chi connectivity index (χ1v) is 9.91. The molecule has 1 saturated heterocycles. The molecule has 1 atom stereocenters. The second-order valence-corrected chi connectivity index (χ2v) is 7.74. The van der Waals surface area contributed by atoms with E-state index < -0.39 is 11.7 Å². The van der Waals surface area contributed by atoms with Gasteiger partial charge in [-0.15, -0.1) is 5.10 Å². The molecule has 1 aromatic carbocycles. The Balaban J connectivity index is 1.78. The van der Waals surface area contributed by atoms with Crippen LogP contribution in [0.15, 0.2) is 42.7 Å². The molecule has 4 rings (SSSR count). The maximum absolute atomic E-state index is 13.4. The van der Waals surface area contributed by atoms with Crippen LogP contribution in [0.25, 0.3) is 16.9 Å². The molecule has 0 saturated carbocycles. The Morgan fingerprint density at radius 3 is 2.63 bits per heavy atom. The van der Waals surface area contributed by atoms with Crippen molar-refractivity contribution in [2.75, 3.05) is 13.1 Å². The van der Waals surface area contributed by atoms with Crippen LogP contribution in [0.5, 0.6) is 0 Å². The molecule has 0 spiro atoms. The highest BCUT2D eigenvalue weighted by Crippen LogP contribution is 2.36. The third kappa shape index (κ3) is 4.33. The lowest BCUT2D eigenvalue weighted by molar-refractivity contribution is -0.137. The molecular formula is C20H20ClF3N6. The molecule has 3 aromatic rings. The SMILES string of the molecule is NC1CCCN(Cc2nnn(-c3ccc(Cl)c(C(F)(F)F)c3)c2-c2ccncc2)C1. The van der Waals surface area contributed by atoms with E-state index in [9.17, 15) is 13.2 Å². The largest absolute Gasteiger partial charge is 0.417 e. The monoisotopic (exact) mass is 436 g/mol. The summed E-state index contributed by atoms with van der Waals surface area (Å²) in [6.45, 7) is 2.13. The van der Waals surface area contributed by atoms with Crippen molar-refractivity contribution in [2.24, 2.45) is 5.73 Å². The Morgan fingerprint density at radius 1 is 1.17 bits per heavy atom. The van der Waals surface area contributed by atoms with Gasteiger partial charge in [-0.3, -0.25) is 9.88 Å². The van der Waals surface area contributed by atoms with Crippen LogP contribution in [0, 0.1) is 0 Å². The first-order valence-electron chi connectivity index (χ1n) is 9.53. The zero-order chi connectivity index (χ0) is 21.3. The van der Waals surface area contributed by atoms with Crippen molar-refractivity contribution in [1.29, 1.82) is 0 Å². The van der Waals surface area contributed by atoms with E-state index in [1.54, 1.807) is 24.5 Å². The molecule has 1 aliphatic heterocycles. The molecule has 1 unspecified atom stereocenters. The summed E-state index contributed by atoms with van der Waals surface area (Å²) in [6.07, 6.45) is 0.640. The highest BCUT2D eigenvalue weighted by Gasteiger charge is 2.34.